The van der Waals surface area contributed by atoms with Gasteiger partial charge in [0, 0.05) is 31.7 Å². The van der Waals surface area contributed by atoms with E-state index in [1.54, 1.807) is 0 Å². The Morgan fingerprint density at radius 3 is 2.15 bits per heavy atom. The monoisotopic (exact) mass is 616 g/mol. The first-order valence-corrected chi connectivity index (χ1v) is 11.3. The summed E-state index contributed by atoms with van der Waals surface area (Å²) >= 11 is 0. The van der Waals surface area contributed by atoms with Crippen LogP contribution in [0.25, 0.3) is 26.5 Å². The number of nitrogens with zero attached hydrogens (tertiary/aromatic N) is 2. The summed E-state index contributed by atoms with van der Waals surface area (Å²) in [5, 5.41) is 2.89. The van der Waals surface area contributed by atoms with E-state index >= 15 is 0 Å². The van der Waals surface area contributed by atoms with Crippen LogP contribution in [0.2, 0.25) is 0 Å². The smallest absolute Gasteiger partial charge is 0.154 e. The van der Waals surface area contributed by atoms with Gasteiger partial charge in [0.25, 0.3) is 0 Å². The van der Waals surface area contributed by atoms with Crippen LogP contribution in [-0.2, 0) is 30.9 Å². The van der Waals surface area contributed by atoms with E-state index in [0.29, 0.717) is 5.69 Å². The van der Waals surface area contributed by atoms with Crippen LogP contribution >= 0.6 is 0 Å². The third-order valence-electron chi connectivity index (χ3n) is 7.28. The molecule has 4 aromatic carbocycles. The van der Waals surface area contributed by atoms with Crippen molar-refractivity contribution < 1.29 is 20.1 Å². The van der Waals surface area contributed by atoms with Crippen LogP contribution in [0.1, 0.15) is 42.5 Å². The summed E-state index contributed by atoms with van der Waals surface area (Å²) in [5.74, 6) is 0. The third kappa shape index (κ3) is 3.07. The van der Waals surface area contributed by atoms with Gasteiger partial charge < -0.3 is 4.98 Å². The SMILES string of the molecule is [C-]#[N+]c1cc2c3c(cnc2c2[c-]cccc12)C(C)(C)CC3(c1ccccc1)c1ccccc1.[Ir]. The molecule has 1 aliphatic rings. The summed E-state index contributed by atoms with van der Waals surface area (Å²) in [4.78, 5) is 8.88. The summed E-state index contributed by atoms with van der Waals surface area (Å²) in [6, 6.07) is 32.9. The topological polar surface area (TPSA) is 17.2 Å². The molecule has 0 spiro atoms. The standard InChI is InChI=1S/C31H23N2.Ir/c1-30(2)20-31(21-12-6-4-7-13-21,22-14-8-5-9-15-22)28-25-18-27(32-3)23-16-10-11-17-24(23)29(25)33-19-26(28)30;/h4-16,18-19H,20H2,1-2H3;/q-1;. The molecule has 0 amide bonds. The van der Waals surface area contributed by atoms with E-state index in [2.05, 4.69) is 97.7 Å². The first kappa shape index (κ1) is 22.5. The molecule has 0 unspecified atom stereocenters. The molecule has 1 aromatic heterocycles. The largest absolute Gasteiger partial charge is 0.304 e. The summed E-state index contributed by atoms with van der Waals surface area (Å²) in [5.41, 5.74) is 6.26. The summed E-state index contributed by atoms with van der Waals surface area (Å²) in [6.07, 6.45) is 3.01. The second-order valence-corrected chi connectivity index (χ2v) is 9.61. The average molecular weight is 616 g/mol. The van der Waals surface area contributed by atoms with Crippen molar-refractivity contribution in [1.29, 1.82) is 0 Å². The van der Waals surface area contributed by atoms with Crippen molar-refractivity contribution in [3.05, 3.63) is 131 Å². The molecule has 34 heavy (non-hydrogen) atoms. The van der Waals surface area contributed by atoms with E-state index in [-0.39, 0.29) is 30.9 Å². The molecule has 167 valence electrons. The fraction of sp³-hybridized carbons (Fsp3) is 0.161. The number of pyridine rings is 1. The van der Waals surface area contributed by atoms with Gasteiger partial charge in [-0.05, 0) is 45.0 Å². The Labute approximate surface area is 213 Å². The van der Waals surface area contributed by atoms with E-state index in [9.17, 15) is 0 Å². The van der Waals surface area contributed by atoms with Gasteiger partial charge in [0.15, 0.2) is 5.69 Å². The first-order chi connectivity index (χ1) is 16.1. The molecule has 0 N–H and O–H groups in total. The first-order valence-electron chi connectivity index (χ1n) is 11.3. The fourth-order valence-electron chi connectivity index (χ4n) is 5.94. The Morgan fingerprint density at radius 1 is 0.882 bits per heavy atom. The van der Waals surface area contributed by atoms with Gasteiger partial charge >= 0.3 is 0 Å². The van der Waals surface area contributed by atoms with Crippen molar-refractivity contribution in [2.24, 2.45) is 0 Å². The third-order valence-corrected chi connectivity index (χ3v) is 7.28. The second-order valence-electron chi connectivity index (χ2n) is 9.61. The number of hydrogen-bond acceptors (Lipinski definition) is 1. The molecular formula is C31H23IrN2-. The molecule has 0 atom stereocenters. The number of benzene rings is 4. The van der Waals surface area contributed by atoms with E-state index in [1.165, 1.54) is 22.3 Å². The van der Waals surface area contributed by atoms with Gasteiger partial charge in [0.2, 0.25) is 0 Å². The Balaban J connectivity index is 0.00000241. The molecule has 3 heteroatoms. The Bertz CT molecular complexity index is 1520. The predicted molar refractivity (Wildman–Crippen MR) is 135 cm³/mol. The molecule has 2 nitrogen and oxygen atoms in total. The van der Waals surface area contributed by atoms with Crippen LogP contribution in [-0.4, -0.2) is 4.98 Å². The van der Waals surface area contributed by atoms with Gasteiger partial charge in [0.05, 0.1) is 6.57 Å². The van der Waals surface area contributed by atoms with Crippen LogP contribution in [0, 0.1) is 12.6 Å². The molecule has 1 heterocycles. The molecule has 0 bridgehead atoms. The van der Waals surface area contributed by atoms with Crippen LogP contribution in [0.3, 0.4) is 0 Å². The Kier molecular flexibility index (Phi) is 5.40. The summed E-state index contributed by atoms with van der Waals surface area (Å²) < 4.78 is 0. The van der Waals surface area contributed by atoms with Crippen molar-refractivity contribution in [3.8, 4) is 0 Å². The zero-order chi connectivity index (χ0) is 22.6. The normalized spacial score (nSPS) is 15.4. The van der Waals surface area contributed by atoms with Crippen LogP contribution < -0.4 is 0 Å². The zero-order valence-corrected chi connectivity index (χ0v) is 21.5. The maximum absolute atomic E-state index is 7.89. The van der Waals surface area contributed by atoms with Crippen molar-refractivity contribution >= 4 is 27.4 Å². The summed E-state index contributed by atoms with van der Waals surface area (Å²) in [6.45, 7) is 12.5. The second kappa shape index (κ2) is 8.17. The van der Waals surface area contributed by atoms with Crippen LogP contribution in [0.5, 0.6) is 0 Å². The minimum Gasteiger partial charge on any atom is -0.304 e. The number of aromatic nitrogens is 1. The van der Waals surface area contributed by atoms with Crippen molar-refractivity contribution in [1.82, 2.24) is 4.98 Å². The minimum absolute atomic E-state index is 0. The predicted octanol–water partition coefficient (Wildman–Crippen LogP) is 7.75. The molecule has 0 aliphatic heterocycles. The minimum atomic E-state index is -0.329. The zero-order valence-electron chi connectivity index (χ0n) is 19.1. The van der Waals surface area contributed by atoms with Gasteiger partial charge in [-0.3, -0.25) is 0 Å². The maximum atomic E-state index is 7.89. The van der Waals surface area contributed by atoms with Crippen LogP contribution in [0.15, 0.2) is 91.1 Å². The van der Waals surface area contributed by atoms with Gasteiger partial charge in [-0.15, -0.1) is 35.0 Å². The molecule has 6 rings (SSSR count). The molecule has 1 aliphatic carbocycles. The van der Waals surface area contributed by atoms with Crippen molar-refractivity contribution in [2.45, 2.75) is 31.1 Å². The van der Waals surface area contributed by atoms with E-state index in [0.717, 1.165) is 28.1 Å². The average Bonchev–Trinajstić information content (AvgIpc) is 3.12. The summed E-state index contributed by atoms with van der Waals surface area (Å²) in [7, 11) is 0. The molecule has 1 radical (unpaired) electrons. The number of rotatable bonds is 2. The van der Waals surface area contributed by atoms with Gasteiger partial charge in [-0.1, -0.05) is 80.6 Å². The number of hydrogen-bond donors (Lipinski definition) is 0. The van der Waals surface area contributed by atoms with Gasteiger partial charge in [-0.2, -0.15) is 0 Å². The number of fused-ring (bicyclic) bond motifs is 5. The van der Waals surface area contributed by atoms with Crippen molar-refractivity contribution in [2.75, 3.05) is 0 Å². The quantitative estimate of drug-likeness (QED) is 0.147. The van der Waals surface area contributed by atoms with Crippen LogP contribution in [0.4, 0.5) is 5.69 Å². The van der Waals surface area contributed by atoms with Gasteiger partial charge in [-0.25, -0.2) is 4.85 Å². The van der Waals surface area contributed by atoms with E-state index in [4.69, 9.17) is 11.6 Å². The molecule has 0 saturated carbocycles. The van der Waals surface area contributed by atoms with Crippen molar-refractivity contribution in [3.63, 3.8) is 0 Å². The Morgan fingerprint density at radius 2 is 1.53 bits per heavy atom. The molecule has 0 fully saturated rings. The van der Waals surface area contributed by atoms with Gasteiger partial charge in [0.1, 0.15) is 0 Å². The fourth-order valence-corrected chi connectivity index (χ4v) is 5.94. The molecule has 0 saturated heterocycles. The van der Waals surface area contributed by atoms with E-state index in [1.807, 2.05) is 18.2 Å². The van der Waals surface area contributed by atoms with E-state index < -0.39 is 0 Å². The maximum Gasteiger partial charge on any atom is 0.154 e. The molecular weight excluding hydrogens is 593 g/mol. The Hall–Kier alpha value is -3.31. The molecule has 5 aromatic rings.